The third-order valence-electron chi connectivity index (χ3n) is 2.66. The molecule has 0 aliphatic rings. The van der Waals surface area contributed by atoms with Crippen molar-refractivity contribution >= 4 is 11.8 Å². The molecule has 2 N–H and O–H groups in total. The van der Waals surface area contributed by atoms with Gasteiger partial charge in [0.05, 0.1) is 12.7 Å². The fourth-order valence-electron chi connectivity index (χ4n) is 1.61. The van der Waals surface area contributed by atoms with Gasteiger partial charge in [-0.3, -0.25) is 0 Å². The Kier molecular flexibility index (Phi) is 13.6. The van der Waals surface area contributed by atoms with E-state index in [2.05, 4.69) is 6.92 Å². The Labute approximate surface area is 105 Å². The van der Waals surface area contributed by atoms with Gasteiger partial charge in [-0.25, -0.2) is 0 Å². The van der Waals surface area contributed by atoms with Crippen molar-refractivity contribution in [2.75, 3.05) is 18.1 Å². The van der Waals surface area contributed by atoms with Gasteiger partial charge >= 0.3 is 0 Å². The van der Waals surface area contributed by atoms with Gasteiger partial charge in [0.15, 0.2) is 0 Å². The molecule has 0 aromatic carbocycles. The molecule has 0 fully saturated rings. The van der Waals surface area contributed by atoms with Crippen LogP contribution in [0.3, 0.4) is 0 Å². The lowest BCUT2D eigenvalue weighted by Gasteiger charge is -2.06. The average Bonchev–Trinajstić information content (AvgIpc) is 2.31. The molecule has 1 atom stereocenters. The van der Waals surface area contributed by atoms with E-state index in [1.807, 2.05) is 0 Å². The molecule has 0 amide bonds. The predicted octanol–water partition coefficient (Wildman–Crippen LogP) is 3.21. The van der Waals surface area contributed by atoms with Crippen LogP contribution < -0.4 is 0 Å². The number of aliphatic hydroxyl groups excluding tert-OH is 2. The lowest BCUT2D eigenvalue weighted by molar-refractivity contribution is 0.113. The van der Waals surface area contributed by atoms with E-state index < -0.39 is 6.10 Å². The molecule has 0 bridgehead atoms. The van der Waals surface area contributed by atoms with Crippen LogP contribution in [0.25, 0.3) is 0 Å². The summed E-state index contributed by atoms with van der Waals surface area (Å²) in [5.74, 6) is 1.79. The standard InChI is InChI=1S/C13H28O2S/c1-2-3-4-5-6-7-8-9-10-16-12-13(15)11-14/h13-15H,2-12H2,1H3/t13-/m0/s1. The molecule has 16 heavy (non-hydrogen) atoms. The molecular weight excluding hydrogens is 220 g/mol. The first kappa shape index (κ1) is 16.3. The topological polar surface area (TPSA) is 40.5 Å². The highest BCUT2D eigenvalue weighted by atomic mass is 32.2. The van der Waals surface area contributed by atoms with Gasteiger partial charge in [-0.1, -0.05) is 51.9 Å². The van der Waals surface area contributed by atoms with Crippen molar-refractivity contribution in [1.29, 1.82) is 0 Å². The summed E-state index contributed by atoms with van der Waals surface area (Å²) in [6.45, 7) is 2.14. The fourth-order valence-corrected chi connectivity index (χ4v) is 2.56. The summed E-state index contributed by atoms with van der Waals surface area (Å²) < 4.78 is 0. The Morgan fingerprint density at radius 1 is 0.938 bits per heavy atom. The van der Waals surface area contributed by atoms with Crippen LogP contribution in [0.5, 0.6) is 0 Å². The Hall–Kier alpha value is 0.270. The second-order valence-electron chi connectivity index (χ2n) is 4.39. The van der Waals surface area contributed by atoms with Gasteiger partial charge in [0, 0.05) is 5.75 Å². The zero-order valence-electron chi connectivity index (χ0n) is 10.7. The zero-order valence-corrected chi connectivity index (χ0v) is 11.5. The molecule has 3 heteroatoms. The molecule has 0 radical (unpaired) electrons. The van der Waals surface area contributed by atoms with E-state index in [9.17, 15) is 0 Å². The molecule has 0 saturated carbocycles. The second-order valence-corrected chi connectivity index (χ2v) is 5.54. The number of hydrogen-bond donors (Lipinski definition) is 2. The first-order valence-electron chi connectivity index (χ1n) is 6.68. The van der Waals surface area contributed by atoms with Crippen LogP contribution in [0.15, 0.2) is 0 Å². The quantitative estimate of drug-likeness (QED) is 0.521. The van der Waals surface area contributed by atoms with Crippen molar-refractivity contribution in [2.45, 2.75) is 64.4 Å². The van der Waals surface area contributed by atoms with Crippen LogP contribution in [-0.4, -0.2) is 34.4 Å². The van der Waals surface area contributed by atoms with E-state index >= 15 is 0 Å². The summed E-state index contributed by atoms with van der Waals surface area (Å²) in [7, 11) is 0. The molecule has 0 aliphatic heterocycles. The lowest BCUT2D eigenvalue weighted by atomic mass is 10.1. The molecule has 0 heterocycles. The first-order valence-corrected chi connectivity index (χ1v) is 7.83. The highest BCUT2D eigenvalue weighted by molar-refractivity contribution is 7.99. The predicted molar refractivity (Wildman–Crippen MR) is 73.0 cm³/mol. The van der Waals surface area contributed by atoms with E-state index in [1.165, 1.54) is 51.4 Å². The van der Waals surface area contributed by atoms with Crippen molar-refractivity contribution in [3.05, 3.63) is 0 Å². The molecular formula is C13H28O2S. The van der Waals surface area contributed by atoms with Crippen molar-refractivity contribution < 1.29 is 10.2 Å². The fraction of sp³-hybridized carbons (Fsp3) is 1.00. The summed E-state index contributed by atoms with van der Waals surface area (Å²) in [5.41, 5.74) is 0. The minimum atomic E-state index is -0.529. The zero-order chi connectivity index (χ0) is 12.1. The van der Waals surface area contributed by atoms with Crippen molar-refractivity contribution in [3.8, 4) is 0 Å². The average molecular weight is 248 g/mol. The normalized spacial score (nSPS) is 12.9. The van der Waals surface area contributed by atoms with E-state index in [0.29, 0.717) is 5.75 Å². The summed E-state index contributed by atoms with van der Waals surface area (Å²) in [6, 6.07) is 0. The van der Waals surface area contributed by atoms with Gasteiger partial charge in [0.25, 0.3) is 0 Å². The monoisotopic (exact) mass is 248 g/mol. The van der Waals surface area contributed by atoms with Crippen LogP contribution in [0, 0.1) is 0 Å². The van der Waals surface area contributed by atoms with Crippen LogP contribution in [0.4, 0.5) is 0 Å². The molecule has 2 nitrogen and oxygen atoms in total. The van der Waals surface area contributed by atoms with Crippen molar-refractivity contribution in [3.63, 3.8) is 0 Å². The maximum Gasteiger partial charge on any atom is 0.0861 e. The van der Waals surface area contributed by atoms with E-state index in [-0.39, 0.29) is 6.61 Å². The summed E-state index contributed by atoms with van der Waals surface area (Å²) in [4.78, 5) is 0. The maximum absolute atomic E-state index is 9.11. The summed E-state index contributed by atoms with van der Waals surface area (Å²) in [6.07, 6.45) is 10.3. The Morgan fingerprint density at radius 2 is 1.50 bits per heavy atom. The first-order chi connectivity index (χ1) is 7.81. The van der Waals surface area contributed by atoms with E-state index in [4.69, 9.17) is 10.2 Å². The smallest absolute Gasteiger partial charge is 0.0861 e. The molecule has 0 aliphatic carbocycles. The molecule has 0 aromatic rings. The number of unbranched alkanes of at least 4 members (excludes halogenated alkanes) is 7. The molecule has 0 unspecified atom stereocenters. The van der Waals surface area contributed by atoms with Gasteiger partial charge in [0.2, 0.25) is 0 Å². The van der Waals surface area contributed by atoms with E-state index in [0.717, 1.165) is 5.75 Å². The van der Waals surface area contributed by atoms with Crippen molar-refractivity contribution in [1.82, 2.24) is 0 Å². The summed E-state index contributed by atoms with van der Waals surface area (Å²) in [5, 5.41) is 17.7. The van der Waals surface area contributed by atoms with Crippen molar-refractivity contribution in [2.24, 2.45) is 0 Å². The highest BCUT2D eigenvalue weighted by Gasteiger charge is 2.00. The van der Waals surface area contributed by atoms with Crippen LogP contribution in [0.1, 0.15) is 58.3 Å². The molecule has 0 spiro atoms. The number of aliphatic hydroxyl groups is 2. The molecule has 0 rings (SSSR count). The van der Waals surface area contributed by atoms with Crippen LogP contribution in [0.2, 0.25) is 0 Å². The van der Waals surface area contributed by atoms with Gasteiger partial charge in [-0.15, -0.1) is 0 Å². The minimum Gasteiger partial charge on any atom is -0.394 e. The van der Waals surface area contributed by atoms with Crippen LogP contribution in [-0.2, 0) is 0 Å². The molecule has 0 aromatic heterocycles. The SMILES string of the molecule is CCCCCCCCCCSC[C@@H](O)CO. The highest BCUT2D eigenvalue weighted by Crippen LogP contribution is 2.11. The molecule has 0 saturated heterocycles. The Bertz CT molecular complexity index is 131. The van der Waals surface area contributed by atoms with Gasteiger partial charge in [0.1, 0.15) is 0 Å². The van der Waals surface area contributed by atoms with Gasteiger partial charge in [-0.05, 0) is 12.2 Å². The molecule has 98 valence electrons. The van der Waals surface area contributed by atoms with E-state index in [1.54, 1.807) is 11.8 Å². The lowest BCUT2D eigenvalue weighted by Crippen LogP contribution is -2.14. The van der Waals surface area contributed by atoms with Gasteiger partial charge < -0.3 is 10.2 Å². The maximum atomic E-state index is 9.11. The second kappa shape index (κ2) is 13.3. The number of thioether (sulfide) groups is 1. The summed E-state index contributed by atoms with van der Waals surface area (Å²) >= 11 is 1.75. The number of rotatable bonds is 12. The van der Waals surface area contributed by atoms with Gasteiger partial charge in [-0.2, -0.15) is 11.8 Å². The largest absolute Gasteiger partial charge is 0.394 e. The number of hydrogen-bond acceptors (Lipinski definition) is 3. The third kappa shape index (κ3) is 12.3. The minimum absolute atomic E-state index is 0.107. The third-order valence-corrected chi connectivity index (χ3v) is 3.86. The Morgan fingerprint density at radius 3 is 2.06 bits per heavy atom. The Balaban J connectivity index is 2.93. The van der Waals surface area contributed by atoms with Crippen LogP contribution >= 0.6 is 11.8 Å².